The molecule has 2 aromatic rings. The molecule has 0 bridgehead atoms. The molecule has 5 heteroatoms. The Bertz CT molecular complexity index is 773. The lowest BCUT2D eigenvalue weighted by Crippen LogP contribution is -2.07. The molecule has 2 aromatic carbocycles. The maximum absolute atomic E-state index is 9.51. The molecule has 0 heterocycles. The van der Waals surface area contributed by atoms with Gasteiger partial charge in [-0.2, -0.15) is 5.26 Å². The molecule has 0 fully saturated rings. The molecule has 0 aliphatic rings. The summed E-state index contributed by atoms with van der Waals surface area (Å²) in [6.07, 6.45) is 1.38. The van der Waals surface area contributed by atoms with Gasteiger partial charge in [-0.05, 0) is 27.4 Å². The van der Waals surface area contributed by atoms with Gasteiger partial charge in [-0.25, -0.2) is 0 Å². The fourth-order valence-corrected chi connectivity index (χ4v) is 2.76. The van der Waals surface area contributed by atoms with E-state index < -0.39 is 0 Å². The van der Waals surface area contributed by atoms with Crippen molar-refractivity contribution >= 4 is 44.0 Å². The molecule has 0 unspecified atom stereocenters. The largest absolute Gasteiger partial charge is 0.404 e. The van der Waals surface area contributed by atoms with Crippen molar-refractivity contribution < 1.29 is 0 Å². The first-order valence-electron chi connectivity index (χ1n) is 5.80. The van der Waals surface area contributed by atoms with Crippen molar-refractivity contribution in [2.45, 2.75) is 0 Å². The number of benzene rings is 2. The second kappa shape index (κ2) is 6.08. The molecule has 3 nitrogen and oxygen atoms in total. The molecule has 0 aliphatic heterocycles. The summed E-state index contributed by atoms with van der Waals surface area (Å²) in [5.74, 6) is 0. The second-order valence-electron chi connectivity index (χ2n) is 4.03. The summed E-state index contributed by atoms with van der Waals surface area (Å²) in [5, 5.41) is 11.7. The average Bonchev–Trinajstić information content (AvgIpc) is 2.47. The second-order valence-corrected chi connectivity index (χ2v) is 5.29. The van der Waals surface area contributed by atoms with Crippen molar-refractivity contribution in [3.8, 4) is 6.07 Å². The van der Waals surface area contributed by atoms with Crippen molar-refractivity contribution in [2.24, 2.45) is 10.7 Å². The van der Waals surface area contributed by atoms with Gasteiger partial charge >= 0.3 is 0 Å². The van der Waals surface area contributed by atoms with Crippen LogP contribution in [0.15, 0.2) is 46.0 Å². The van der Waals surface area contributed by atoms with Crippen LogP contribution in [0.25, 0.3) is 10.8 Å². The molecular weight excluding hydrogens is 338 g/mol. The minimum atomic E-state index is 0.472. The predicted octanol–water partition coefficient (Wildman–Crippen LogP) is 3.98. The summed E-state index contributed by atoms with van der Waals surface area (Å²) in [5.41, 5.74) is 7.16. The zero-order valence-electron chi connectivity index (χ0n) is 10.7. The maximum Gasteiger partial charge on any atom is 0.101 e. The highest BCUT2D eigenvalue weighted by molar-refractivity contribution is 9.12. The first kappa shape index (κ1) is 14.6. The predicted molar refractivity (Wildman–Crippen MR) is 87.3 cm³/mol. The lowest BCUT2D eigenvalue weighted by molar-refractivity contribution is 1.41. The minimum Gasteiger partial charge on any atom is -0.404 e. The third-order valence-electron chi connectivity index (χ3n) is 2.95. The summed E-state index contributed by atoms with van der Waals surface area (Å²) in [6.45, 7) is 0. The van der Waals surface area contributed by atoms with Crippen molar-refractivity contribution in [3.63, 3.8) is 0 Å². The van der Waals surface area contributed by atoms with E-state index >= 15 is 0 Å². The number of nitriles is 1. The Labute approximate surface area is 130 Å². The molecular formula is C15H11BrClN3. The molecule has 0 aromatic heterocycles. The molecule has 0 spiro atoms. The van der Waals surface area contributed by atoms with Gasteiger partial charge in [0.1, 0.15) is 6.07 Å². The van der Waals surface area contributed by atoms with Gasteiger partial charge in [-0.1, -0.05) is 35.9 Å². The quantitative estimate of drug-likeness (QED) is 0.834. The first-order chi connectivity index (χ1) is 9.63. The number of allylic oxidation sites excluding steroid dienone is 1. The minimum absolute atomic E-state index is 0.472. The van der Waals surface area contributed by atoms with Gasteiger partial charge in [0.2, 0.25) is 0 Å². The van der Waals surface area contributed by atoms with Crippen LogP contribution in [-0.4, -0.2) is 12.8 Å². The van der Waals surface area contributed by atoms with Crippen molar-refractivity contribution in [3.05, 3.63) is 57.2 Å². The Morgan fingerprint density at radius 3 is 2.75 bits per heavy atom. The van der Waals surface area contributed by atoms with Gasteiger partial charge in [0.05, 0.1) is 20.8 Å². The van der Waals surface area contributed by atoms with Gasteiger partial charge in [0, 0.05) is 24.2 Å². The molecule has 0 radical (unpaired) electrons. The molecule has 2 rings (SSSR count). The van der Waals surface area contributed by atoms with E-state index in [0.717, 1.165) is 10.8 Å². The van der Waals surface area contributed by atoms with Crippen LogP contribution in [0.2, 0.25) is 5.02 Å². The molecule has 0 amide bonds. The van der Waals surface area contributed by atoms with Gasteiger partial charge in [0.15, 0.2) is 0 Å². The smallest absolute Gasteiger partial charge is 0.101 e. The number of hydrogen-bond donors (Lipinski definition) is 1. The van der Waals surface area contributed by atoms with E-state index in [1.807, 2.05) is 30.3 Å². The highest BCUT2D eigenvalue weighted by Crippen LogP contribution is 2.31. The van der Waals surface area contributed by atoms with E-state index in [1.54, 1.807) is 7.05 Å². The van der Waals surface area contributed by atoms with E-state index in [0.29, 0.717) is 26.3 Å². The molecule has 20 heavy (non-hydrogen) atoms. The number of aliphatic imine (C=N–C) groups is 1. The van der Waals surface area contributed by atoms with Gasteiger partial charge < -0.3 is 5.73 Å². The fraction of sp³-hybridized carbons (Fsp3) is 0.0667. The third kappa shape index (κ3) is 2.43. The van der Waals surface area contributed by atoms with Crippen LogP contribution in [0.3, 0.4) is 0 Å². The monoisotopic (exact) mass is 347 g/mol. The highest BCUT2D eigenvalue weighted by Gasteiger charge is 2.18. The Morgan fingerprint density at radius 2 is 2.15 bits per heavy atom. The number of rotatable bonds is 2. The summed E-state index contributed by atoms with van der Waals surface area (Å²) in [7, 11) is 1.63. The zero-order chi connectivity index (χ0) is 14.7. The fourth-order valence-electron chi connectivity index (χ4n) is 2.08. The van der Waals surface area contributed by atoms with Crippen molar-refractivity contribution in [1.82, 2.24) is 0 Å². The SMILES string of the molecule is CN=C(/C(Br)=C\N)c1c(Cl)cc2ccccc2c1C#N. The summed E-state index contributed by atoms with van der Waals surface area (Å²) >= 11 is 9.68. The third-order valence-corrected chi connectivity index (χ3v) is 3.88. The number of fused-ring (bicyclic) bond motifs is 1. The number of halogens is 2. The molecule has 0 aliphatic carbocycles. The van der Waals surface area contributed by atoms with Crippen molar-refractivity contribution in [1.29, 1.82) is 5.26 Å². The van der Waals surface area contributed by atoms with Crippen LogP contribution in [0, 0.1) is 11.3 Å². The Balaban J connectivity index is 2.90. The summed E-state index contributed by atoms with van der Waals surface area (Å²) < 4.78 is 0.591. The van der Waals surface area contributed by atoms with Gasteiger partial charge in [-0.3, -0.25) is 4.99 Å². The Morgan fingerprint density at radius 1 is 1.45 bits per heavy atom. The number of nitrogens with zero attached hydrogens (tertiary/aromatic N) is 2. The normalized spacial score (nSPS) is 12.5. The van der Waals surface area contributed by atoms with Crippen LogP contribution in [-0.2, 0) is 0 Å². The van der Waals surface area contributed by atoms with Crippen LogP contribution in [0.4, 0.5) is 0 Å². The van der Waals surface area contributed by atoms with E-state index in [2.05, 4.69) is 27.0 Å². The molecule has 100 valence electrons. The van der Waals surface area contributed by atoms with E-state index in [1.165, 1.54) is 6.20 Å². The van der Waals surface area contributed by atoms with Crippen molar-refractivity contribution in [2.75, 3.05) is 7.05 Å². The Kier molecular flexibility index (Phi) is 4.43. The summed E-state index contributed by atoms with van der Waals surface area (Å²) in [6, 6.07) is 11.6. The molecule has 2 N–H and O–H groups in total. The van der Waals surface area contributed by atoms with E-state index in [4.69, 9.17) is 17.3 Å². The van der Waals surface area contributed by atoms with E-state index in [9.17, 15) is 5.26 Å². The van der Waals surface area contributed by atoms with E-state index in [-0.39, 0.29) is 0 Å². The average molecular weight is 349 g/mol. The number of hydrogen-bond acceptors (Lipinski definition) is 3. The summed E-state index contributed by atoms with van der Waals surface area (Å²) in [4.78, 5) is 4.19. The number of nitrogens with two attached hydrogens (primary N) is 1. The van der Waals surface area contributed by atoms with Crippen LogP contribution in [0.1, 0.15) is 11.1 Å². The topological polar surface area (TPSA) is 62.2 Å². The maximum atomic E-state index is 9.51. The van der Waals surface area contributed by atoms with Crippen LogP contribution >= 0.6 is 27.5 Å². The molecule has 0 saturated carbocycles. The standard InChI is InChI=1S/C15H11BrClN3/c1-20-15(12(16)8-19)14-11(7-18)10-5-3-2-4-9(10)6-13(14)17/h2-6,8H,19H2,1H3/b12-8+,20-15?. The molecule has 0 atom stereocenters. The zero-order valence-corrected chi connectivity index (χ0v) is 13.0. The first-order valence-corrected chi connectivity index (χ1v) is 6.97. The van der Waals surface area contributed by atoms with Gasteiger partial charge in [0.25, 0.3) is 0 Å². The lowest BCUT2D eigenvalue weighted by atomic mass is 9.96. The Hall–Kier alpha value is -1.83. The molecule has 0 saturated heterocycles. The van der Waals surface area contributed by atoms with Crippen LogP contribution < -0.4 is 5.73 Å². The highest BCUT2D eigenvalue weighted by atomic mass is 79.9. The lowest BCUT2D eigenvalue weighted by Gasteiger charge is -2.12. The van der Waals surface area contributed by atoms with Gasteiger partial charge in [-0.15, -0.1) is 0 Å². The van der Waals surface area contributed by atoms with Crippen LogP contribution in [0.5, 0.6) is 0 Å².